The number of Topliss-reactive ketones (excluding diaryl/α,β-unsaturated/α-hetero) is 1. The van der Waals surface area contributed by atoms with Gasteiger partial charge in [-0.1, -0.05) is 164 Å². The SMILES string of the molecule is CN(C)Cc1ccc(C2=C(Cl)CC(Br)(C(=O)C3(Br)C=CC(c4ccc(CN(C)C)cc4-c4ccccc4)=C(Cl)C3)C=C2)c(-c2ccccc2)c1.Cl. The molecule has 2 atom stereocenters. The van der Waals surface area contributed by atoms with Gasteiger partial charge in [-0.05, 0) is 96.0 Å². The molecule has 8 heteroatoms. The third-order valence-corrected chi connectivity index (χ3v) is 11.6. The lowest BCUT2D eigenvalue weighted by atomic mass is 9.80. The standard InChI is InChI=1S/C43H40Br2Cl2N2O.ClH/c1-48(2)27-29-15-17-33(37(23-29)31-11-7-5-8-12-31)35-19-21-42(44,25-39(35)46)41(50)43(45)22-20-36(40(47)26-43)34-18-16-30(28-49(3)4)24-38(34)32-13-9-6-10-14-32;/h5-24H,25-28H2,1-4H3;1H. The van der Waals surface area contributed by atoms with Gasteiger partial charge >= 0.3 is 0 Å². The molecule has 0 spiro atoms. The van der Waals surface area contributed by atoms with Gasteiger partial charge in [0.25, 0.3) is 0 Å². The van der Waals surface area contributed by atoms with E-state index in [4.69, 9.17) is 23.2 Å². The zero-order valence-electron chi connectivity index (χ0n) is 29.1. The van der Waals surface area contributed by atoms with E-state index in [1.165, 1.54) is 11.1 Å². The van der Waals surface area contributed by atoms with Crippen LogP contribution in [0.25, 0.3) is 33.4 Å². The van der Waals surface area contributed by atoms with Gasteiger partial charge in [0.2, 0.25) is 0 Å². The zero-order valence-corrected chi connectivity index (χ0v) is 34.6. The molecule has 264 valence electrons. The predicted molar refractivity (Wildman–Crippen MR) is 227 cm³/mol. The molecule has 0 amide bonds. The number of carbonyl (C=O) groups is 1. The van der Waals surface area contributed by atoms with E-state index < -0.39 is 8.65 Å². The fraction of sp³-hybridized carbons (Fsp3) is 0.233. The van der Waals surface area contributed by atoms with Crippen molar-refractivity contribution in [3.8, 4) is 22.3 Å². The summed E-state index contributed by atoms with van der Waals surface area (Å²) in [5.74, 6) is -0.0545. The van der Waals surface area contributed by atoms with E-state index >= 15 is 0 Å². The number of hydrogen-bond acceptors (Lipinski definition) is 3. The molecule has 2 aliphatic rings. The molecule has 0 radical (unpaired) electrons. The summed E-state index contributed by atoms with van der Waals surface area (Å²) in [5, 5.41) is 1.25. The molecule has 0 bridgehead atoms. The Bertz CT molecular complexity index is 1890. The van der Waals surface area contributed by atoms with Crippen LogP contribution in [0.2, 0.25) is 0 Å². The van der Waals surface area contributed by atoms with E-state index in [2.05, 4.69) is 131 Å². The molecule has 0 heterocycles. The summed E-state index contributed by atoms with van der Waals surface area (Å²) >= 11 is 21.9. The second kappa shape index (κ2) is 16.5. The van der Waals surface area contributed by atoms with Gasteiger partial charge in [0, 0.05) is 36.0 Å². The van der Waals surface area contributed by atoms with E-state index in [-0.39, 0.29) is 18.2 Å². The number of alkyl halides is 2. The lowest BCUT2D eigenvalue weighted by Gasteiger charge is -2.36. The highest BCUT2D eigenvalue weighted by atomic mass is 79.9. The van der Waals surface area contributed by atoms with E-state index in [1.54, 1.807) is 0 Å². The van der Waals surface area contributed by atoms with Gasteiger partial charge in [0.1, 0.15) is 8.65 Å². The second-order valence-electron chi connectivity index (χ2n) is 13.7. The summed E-state index contributed by atoms with van der Waals surface area (Å²) in [6.07, 6.45) is 8.49. The Hall–Kier alpha value is -2.74. The molecule has 3 nitrogen and oxygen atoms in total. The van der Waals surface area contributed by atoms with Crippen molar-refractivity contribution in [2.75, 3.05) is 28.2 Å². The van der Waals surface area contributed by atoms with Crippen molar-refractivity contribution in [1.82, 2.24) is 9.80 Å². The van der Waals surface area contributed by atoms with Crippen LogP contribution in [0.3, 0.4) is 0 Å². The van der Waals surface area contributed by atoms with Gasteiger partial charge in [-0.25, -0.2) is 0 Å². The minimum Gasteiger partial charge on any atom is -0.305 e. The molecule has 0 aromatic heterocycles. The largest absolute Gasteiger partial charge is 0.305 e. The first-order valence-electron chi connectivity index (χ1n) is 16.6. The first kappa shape index (κ1) is 39.5. The van der Waals surface area contributed by atoms with Gasteiger partial charge in [-0.2, -0.15) is 0 Å². The van der Waals surface area contributed by atoms with Crippen molar-refractivity contribution < 1.29 is 4.79 Å². The van der Waals surface area contributed by atoms with Crippen molar-refractivity contribution in [3.05, 3.63) is 154 Å². The summed E-state index contributed by atoms with van der Waals surface area (Å²) < 4.78 is -2.03. The molecule has 0 saturated carbocycles. The summed E-state index contributed by atoms with van der Waals surface area (Å²) in [4.78, 5) is 18.8. The van der Waals surface area contributed by atoms with Crippen LogP contribution in [0.1, 0.15) is 35.1 Å². The summed E-state index contributed by atoms with van der Waals surface area (Å²) in [5.41, 5.74) is 10.8. The van der Waals surface area contributed by atoms with Gasteiger partial charge in [0.15, 0.2) is 5.78 Å². The molecular formula is C43H41Br2Cl3N2O. The van der Waals surface area contributed by atoms with Crippen molar-refractivity contribution in [1.29, 1.82) is 0 Å². The topological polar surface area (TPSA) is 23.6 Å². The number of ketones is 1. The quantitative estimate of drug-likeness (QED) is 0.148. The van der Waals surface area contributed by atoms with Crippen LogP contribution in [0.5, 0.6) is 0 Å². The smallest absolute Gasteiger partial charge is 0.174 e. The van der Waals surface area contributed by atoms with Crippen LogP contribution in [-0.2, 0) is 17.9 Å². The average molecular weight is 868 g/mol. The van der Waals surface area contributed by atoms with E-state index in [0.29, 0.717) is 22.9 Å². The number of nitrogens with zero attached hydrogens (tertiary/aromatic N) is 2. The minimum absolute atomic E-state index is 0. The monoisotopic (exact) mass is 864 g/mol. The first-order chi connectivity index (χ1) is 23.9. The molecule has 4 aromatic carbocycles. The molecule has 6 rings (SSSR count). The van der Waals surface area contributed by atoms with Crippen molar-refractivity contribution in [2.24, 2.45) is 0 Å². The second-order valence-corrected chi connectivity index (χ2v) is 17.4. The summed E-state index contributed by atoms with van der Waals surface area (Å²) in [6, 6.07) is 33.8. The van der Waals surface area contributed by atoms with E-state index in [0.717, 1.165) is 57.6 Å². The van der Waals surface area contributed by atoms with Gasteiger partial charge in [-0.15, -0.1) is 12.4 Å². The maximum atomic E-state index is 14.5. The molecule has 2 aliphatic carbocycles. The Labute approximate surface area is 335 Å². The van der Waals surface area contributed by atoms with E-state index in [1.807, 2.05) is 60.7 Å². The summed E-state index contributed by atoms with van der Waals surface area (Å²) in [7, 11) is 8.28. The molecule has 0 saturated heterocycles. The summed E-state index contributed by atoms with van der Waals surface area (Å²) in [6.45, 7) is 1.66. The Morgan fingerprint density at radius 2 is 0.980 bits per heavy atom. The third-order valence-electron chi connectivity index (χ3n) is 9.11. The van der Waals surface area contributed by atoms with Crippen molar-refractivity contribution >= 4 is 84.4 Å². The predicted octanol–water partition coefficient (Wildman–Crippen LogP) is 11.9. The molecule has 51 heavy (non-hydrogen) atoms. The van der Waals surface area contributed by atoms with E-state index in [9.17, 15) is 4.79 Å². The number of benzene rings is 4. The molecular weight excluding hydrogens is 827 g/mol. The Balaban J connectivity index is 0.00000504. The van der Waals surface area contributed by atoms with Gasteiger partial charge in [-0.3, -0.25) is 4.79 Å². The Kier molecular flexibility index (Phi) is 12.8. The number of hydrogen-bond donors (Lipinski definition) is 0. The molecule has 4 aromatic rings. The third kappa shape index (κ3) is 8.74. The highest BCUT2D eigenvalue weighted by molar-refractivity contribution is 9.11. The molecule has 0 aliphatic heterocycles. The Morgan fingerprint density at radius 1 is 0.608 bits per heavy atom. The fourth-order valence-corrected chi connectivity index (χ4v) is 9.67. The molecule has 2 unspecified atom stereocenters. The lowest BCUT2D eigenvalue weighted by molar-refractivity contribution is -0.121. The van der Waals surface area contributed by atoms with Crippen molar-refractivity contribution in [2.45, 2.75) is 34.6 Å². The van der Waals surface area contributed by atoms with Crippen LogP contribution in [-0.4, -0.2) is 52.4 Å². The number of rotatable bonds is 10. The maximum absolute atomic E-state index is 14.5. The van der Waals surface area contributed by atoms with Crippen LogP contribution < -0.4 is 0 Å². The normalized spacial score (nSPS) is 20.3. The number of halogens is 5. The fourth-order valence-electron chi connectivity index (χ4n) is 6.79. The minimum atomic E-state index is -1.02. The van der Waals surface area contributed by atoms with Crippen LogP contribution in [0, 0.1) is 0 Å². The average Bonchev–Trinajstić information content (AvgIpc) is 3.09. The molecule has 0 fully saturated rings. The van der Waals surface area contributed by atoms with Crippen LogP contribution in [0.4, 0.5) is 0 Å². The Morgan fingerprint density at radius 3 is 1.31 bits per heavy atom. The first-order valence-corrected chi connectivity index (χ1v) is 19.0. The van der Waals surface area contributed by atoms with Crippen LogP contribution >= 0.6 is 67.5 Å². The highest BCUT2D eigenvalue weighted by Crippen LogP contribution is 2.49. The molecule has 0 N–H and O–H groups in total. The number of allylic oxidation sites excluding steroid dienone is 8. The van der Waals surface area contributed by atoms with Gasteiger partial charge in [0.05, 0.1) is 0 Å². The van der Waals surface area contributed by atoms with Crippen molar-refractivity contribution in [3.63, 3.8) is 0 Å². The number of carbonyl (C=O) groups excluding carboxylic acids is 1. The maximum Gasteiger partial charge on any atom is 0.174 e. The zero-order chi connectivity index (χ0) is 35.6. The lowest BCUT2D eigenvalue weighted by Crippen LogP contribution is -2.45. The van der Waals surface area contributed by atoms with Gasteiger partial charge < -0.3 is 9.80 Å². The van der Waals surface area contributed by atoms with Crippen LogP contribution in [0.15, 0.2) is 131 Å². The highest BCUT2D eigenvalue weighted by Gasteiger charge is 2.48.